The molecule has 1 aromatic heterocycles. The van der Waals surface area contributed by atoms with E-state index in [1.54, 1.807) is 0 Å². The second kappa shape index (κ2) is 6.61. The number of aryl methyl sites for hydroxylation is 1. The Bertz CT molecular complexity index is 310. The van der Waals surface area contributed by atoms with Crippen molar-refractivity contribution in [3.05, 3.63) is 29.6 Å². The van der Waals surface area contributed by atoms with Gasteiger partial charge in [0.25, 0.3) is 0 Å². The van der Waals surface area contributed by atoms with Gasteiger partial charge in [0, 0.05) is 38.1 Å². The summed E-state index contributed by atoms with van der Waals surface area (Å²) in [6.07, 6.45) is 3.78. The molecule has 0 aromatic carbocycles. The monoisotopic (exact) mass is 221 g/mol. The predicted octanol–water partition coefficient (Wildman–Crippen LogP) is 1.82. The molecule has 1 aromatic rings. The maximum absolute atomic E-state index is 4.14. The van der Waals surface area contributed by atoms with Crippen LogP contribution in [0.3, 0.4) is 0 Å². The maximum Gasteiger partial charge on any atom is 0.0315 e. The summed E-state index contributed by atoms with van der Waals surface area (Å²) < 4.78 is 0. The van der Waals surface area contributed by atoms with Crippen LogP contribution in [-0.2, 0) is 6.54 Å². The van der Waals surface area contributed by atoms with Gasteiger partial charge < -0.3 is 10.2 Å². The third kappa shape index (κ3) is 4.29. The fourth-order valence-corrected chi connectivity index (χ4v) is 1.42. The fourth-order valence-electron chi connectivity index (χ4n) is 1.42. The largest absolute Gasteiger partial charge is 0.311 e. The van der Waals surface area contributed by atoms with E-state index in [1.807, 2.05) is 12.4 Å². The van der Waals surface area contributed by atoms with Gasteiger partial charge in [-0.3, -0.25) is 4.98 Å². The van der Waals surface area contributed by atoms with Crippen molar-refractivity contribution in [1.29, 1.82) is 0 Å². The Morgan fingerprint density at radius 1 is 1.44 bits per heavy atom. The summed E-state index contributed by atoms with van der Waals surface area (Å²) in [5, 5.41) is 3.45. The third-order valence-electron chi connectivity index (χ3n) is 2.99. The third-order valence-corrected chi connectivity index (χ3v) is 2.99. The molecule has 0 aliphatic rings. The Morgan fingerprint density at radius 3 is 2.81 bits per heavy atom. The van der Waals surface area contributed by atoms with E-state index in [9.17, 15) is 0 Å². The van der Waals surface area contributed by atoms with Crippen molar-refractivity contribution in [2.45, 2.75) is 33.4 Å². The zero-order valence-corrected chi connectivity index (χ0v) is 10.8. The van der Waals surface area contributed by atoms with Crippen LogP contribution in [0.2, 0.25) is 0 Å². The van der Waals surface area contributed by atoms with E-state index in [4.69, 9.17) is 0 Å². The minimum absolute atomic E-state index is 0.613. The Hall–Kier alpha value is -0.930. The first-order valence-corrected chi connectivity index (χ1v) is 5.91. The molecule has 0 fully saturated rings. The van der Waals surface area contributed by atoms with E-state index in [0.29, 0.717) is 6.04 Å². The highest BCUT2D eigenvalue weighted by atomic mass is 15.1. The van der Waals surface area contributed by atoms with Crippen molar-refractivity contribution in [2.75, 3.05) is 20.1 Å². The Balaban J connectivity index is 2.24. The van der Waals surface area contributed by atoms with Gasteiger partial charge in [-0.15, -0.1) is 0 Å². The van der Waals surface area contributed by atoms with Gasteiger partial charge in [0.1, 0.15) is 0 Å². The van der Waals surface area contributed by atoms with Crippen LogP contribution in [0.5, 0.6) is 0 Å². The minimum Gasteiger partial charge on any atom is -0.311 e. The molecule has 0 aliphatic carbocycles. The summed E-state index contributed by atoms with van der Waals surface area (Å²) in [5.41, 5.74) is 2.59. The highest BCUT2D eigenvalue weighted by Crippen LogP contribution is 2.03. The standard InChI is InChI=1S/C13H23N3/c1-11(2)16(4)8-7-15-10-13-9-14-6-5-12(13)3/h5-6,9,11,15H,7-8,10H2,1-4H3. The molecule has 90 valence electrons. The maximum atomic E-state index is 4.14. The lowest BCUT2D eigenvalue weighted by Crippen LogP contribution is -2.33. The van der Waals surface area contributed by atoms with Crippen molar-refractivity contribution in [3.63, 3.8) is 0 Å². The van der Waals surface area contributed by atoms with E-state index in [2.05, 4.69) is 49.1 Å². The Morgan fingerprint density at radius 2 is 2.19 bits per heavy atom. The first kappa shape index (κ1) is 13.1. The molecule has 0 bridgehead atoms. The summed E-state index contributed by atoms with van der Waals surface area (Å²) in [4.78, 5) is 6.47. The summed E-state index contributed by atoms with van der Waals surface area (Å²) in [6, 6.07) is 2.67. The second-order valence-electron chi connectivity index (χ2n) is 4.55. The summed E-state index contributed by atoms with van der Waals surface area (Å²) >= 11 is 0. The molecule has 0 unspecified atom stereocenters. The first-order valence-electron chi connectivity index (χ1n) is 5.91. The molecule has 0 saturated carbocycles. The molecule has 3 nitrogen and oxygen atoms in total. The highest BCUT2D eigenvalue weighted by Gasteiger charge is 2.02. The van der Waals surface area contributed by atoms with Crippen LogP contribution in [-0.4, -0.2) is 36.1 Å². The van der Waals surface area contributed by atoms with Crippen molar-refractivity contribution in [1.82, 2.24) is 15.2 Å². The van der Waals surface area contributed by atoms with Gasteiger partial charge in [0.2, 0.25) is 0 Å². The van der Waals surface area contributed by atoms with Crippen LogP contribution in [0.4, 0.5) is 0 Å². The van der Waals surface area contributed by atoms with Crippen LogP contribution in [0, 0.1) is 6.92 Å². The molecule has 0 saturated heterocycles. The van der Waals surface area contributed by atoms with Crippen LogP contribution in [0.1, 0.15) is 25.0 Å². The molecule has 1 N–H and O–H groups in total. The molecule has 16 heavy (non-hydrogen) atoms. The Kier molecular flexibility index (Phi) is 5.43. The molecular formula is C13H23N3. The minimum atomic E-state index is 0.613. The van der Waals surface area contributed by atoms with Gasteiger partial charge >= 0.3 is 0 Å². The SMILES string of the molecule is Cc1ccncc1CNCCN(C)C(C)C. The fraction of sp³-hybridized carbons (Fsp3) is 0.615. The molecule has 1 rings (SSSR count). The van der Waals surface area contributed by atoms with Gasteiger partial charge in [-0.25, -0.2) is 0 Å². The number of hydrogen-bond donors (Lipinski definition) is 1. The van der Waals surface area contributed by atoms with Crippen LogP contribution >= 0.6 is 0 Å². The first-order chi connectivity index (χ1) is 7.61. The van der Waals surface area contributed by atoms with E-state index in [-0.39, 0.29) is 0 Å². The molecule has 3 heteroatoms. The summed E-state index contributed by atoms with van der Waals surface area (Å²) in [6.45, 7) is 9.56. The van der Waals surface area contributed by atoms with Crippen LogP contribution in [0.15, 0.2) is 18.5 Å². The number of nitrogens with one attached hydrogen (secondary N) is 1. The molecule has 0 radical (unpaired) electrons. The van der Waals surface area contributed by atoms with Crippen molar-refractivity contribution in [3.8, 4) is 0 Å². The van der Waals surface area contributed by atoms with Gasteiger partial charge in [0.05, 0.1) is 0 Å². The van der Waals surface area contributed by atoms with E-state index in [0.717, 1.165) is 19.6 Å². The van der Waals surface area contributed by atoms with Gasteiger partial charge in [-0.05, 0) is 45.0 Å². The van der Waals surface area contributed by atoms with E-state index in [1.165, 1.54) is 11.1 Å². The van der Waals surface area contributed by atoms with Gasteiger partial charge in [0.15, 0.2) is 0 Å². The lowest BCUT2D eigenvalue weighted by atomic mass is 10.1. The topological polar surface area (TPSA) is 28.2 Å². The van der Waals surface area contributed by atoms with Crippen molar-refractivity contribution >= 4 is 0 Å². The average molecular weight is 221 g/mol. The average Bonchev–Trinajstić information content (AvgIpc) is 2.26. The molecule has 0 aliphatic heterocycles. The normalized spacial score (nSPS) is 11.4. The van der Waals surface area contributed by atoms with E-state index >= 15 is 0 Å². The van der Waals surface area contributed by atoms with Gasteiger partial charge in [-0.1, -0.05) is 0 Å². The number of pyridine rings is 1. The number of hydrogen-bond acceptors (Lipinski definition) is 3. The summed E-state index contributed by atoms with van der Waals surface area (Å²) in [5.74, 6) is 0. The van der Waals surface area contributed by atoms with Gasteiger partial charge in [-0.2, -0.15) is 0 Å². The Labute approximate surface area is 98.9 Å². The summed E-state index contributed by atoms with van der Waals surface area (Å²) in [7, 11) is 2.15. The molecular weight excluding hydrogens is 198 g/mol. The quantitative estimate of drug-likeness (QED) is 0.743. The van der Waals surface area contributed by atoms with Crippen LogP contribution < -0.4 is 5.32 Å². The lowest BCUT2D eigenvalue weighted by Gasteiger charge is -2.21. The van der Waals surface area contributed by atoms with Crippen molar-refractivity contribution in [2.24, 2.45) is 0 Å². The molecule has 0 amide bonds. The zero-order valence-electron chi connectivity index (χ0n) is 10.8. The zero-order chi connectivity index (χ0) is 12.0. The second-order valence-corrected chi connectivity index (χ2v) is 4.55. The lowest BCUT2D eigenvalue weighted by molar-refractivity contribution is 0.273. The van der Waals surface area contributed by atoms with Crippen molar-refractivity contribution < 1.29 is 0 Å². The number of rotatable bonds is 6. The predicted molar refractivity (Wildman–Crippen MR) is 68.4 cm³/mol. The number of aromatic nitrogens is 1. The van der Waals surface area contributed by atoms with E-state index < -0.39 is 0 Å². The highest BCUT2D eigenvalue weighted by molar-refractivity contribution is 5.20. The molecule has 1 heterocycles. The smallest absolute Gasteiger partial charge is 0.0315 e. The number of likely N-dealkylation sites (N-methyl/N-ethyl adjacent to an activating group) is 1. The number of nitrogens with zero attached hydrogens (tertiary/aromatic N) is 2. The molecule has 0 atom stereocenters. The molecule has 0 spiro atoms. The van der Waals surface area contributed by atoms with Crippen LogP contribution in [0.25, 0.3) is 0 Å².